The normalized spacial score (nSPS) is 25.8. The Kier molecular flexibility index (Phi) is 5.19. The van der Waals surface area contributed by atoms with Crippen LogP contribution in [-0.4, -0.2) is 60.8 Å². The molecule has 134 valence electrons. The van der Waals surface area contributed by atoms with Gasteiger partial charge in [-0.3, -0.25) is 4.79 Å². The first-order valence-electron chi connectivity index (χ1n) is 7.91. The first-order valence-corrected chi connectivity index (χ1v) is 10.6. The SMILES string of the molecule is C=CCN1C(=NC(=O)Cc2ccccc2OC)SC2CS(=O)(=O)CC21. The van der Waals surface area contributed by atoms with E-state index in [1.54, 1.807) is 19.3 Å². The summed E-state index contributed by atoms with van der Waals surface area (Å²) in [5.74, 6) is 0.624. The fourth-order valence-corrected chi connectivity index (χ4v) is 7.12. The van der Waals surface area contributed by atoms with Crippen molar-refractivity contribution < 1.29 is 17.9 Å². The molecule has 0 aliphatic carbocycles. The molecule has 0 N–H and O–H groups in total. The number of rotatable bonds is 5. The van der Waals surface area contributed by atoms with E-state index >= 15 is 0 Å². The van der Waals surface area contributed by atoms with Crippen LogP contribution in [0.25, 0.3) is 0 Å². The number of ether oxygens (including phenoxy) is 1. The number of nitrogens with zero attached hydrogens (tertiary/aromatic N) is 2. The summed E-state index contributed by atoms with van der Waals surface area (Å²) in [6.07, 6.45) is 1.84. The molecule has 0 saturated carbocycles. The van der Waals surface area contributed by atoms with Gasteiger partial charge in [0.25, 0.3) is 5.91 Å². The van der Waals surface area contributed by atoms with E-state index in [-0.39, 0.29) is 35.1 Å². The highest BCUT2D eigenvalue weighted by molar-refractivity contribution is 8.15. The summed E-state index contributed by atoms with van der Waals surface area (Å²) in [6.45, 7) is 4.20. The van der Waals surface area contributed by atoms with E-state index in [1.165, 1.54) is 11.8 Å². The van der Waals surface area contributed by atoms with Crippen LogP contribution in [0.3, 0.4) is 0 Å². The maximum Gasteiger partial charge on any atom is 0.252 e. The van der Waals surface area contributed by atoms with Crippen molar-refractivity contribution in [1.82, 2.24) is 4.90 Å². The highest BCUT2D eigenvalue weighted by atomic mass is 32.2. The first-order chi connectivity index (χ1) is 11.9. The van der Waals surface area contributed by atoms with Crippen LogP contribution in [-0.2, 0) is 21.1 Å². The standard InChI is InChI=1S/C17H20N2O4S2/c1-3-8-19-13-10-25(21,22)11-15(13)24-17(19)18-16(20)9-12-6-4-5-7-14(12)23-2/h3-7,13,15H,1,8-11H2,2H3. The number of amidine groups is 1. The smallest absolute Gasteiger partial charge is 0.252 e. The molecule has 0 radical (unpaired) electrons. The van der Waals surface area contributed by atoms with E-state index in [4.69, 9.17) is 4.74 Å². The Balaban J connectivity index is 1.78. The van der Waals surface area contributed by atoms with Crippen LogP contribution >= 0.6 is 11.8 Å². The first kappa shape index (κ1) is 18.0. The number of benzene rings is 1. The molecule has 3 rings (SSSR count). The molecule has 2 saturated heterocycles. The molecule has 2 aliphatic rings. The van der Waals surface area contributed by atoms with Gasteiger partial charge < -0.3 is 9.64 Å². The Morgan fingerprint density at radius 3 is 2.92 bits per heavy atom. The molecule has 2 heterocycles. The van der Waals surface area contributed by atoms with Crippen molar-refractivity contribution in [2.24, 2.45) is 4.99 Å². The molecular formula is C17H20N2O4S2. The summed E-state index contributed by atoms with van der Waals surface area (Å²) in [5.41, 5.74) is 0.778. The van der Waals surface area contributed by atoms with Gasteiger partial charge in [0.2, 0.25) is 0 Å². The van der Waals surface area contributed by atoms with Crippen molar-refractivity contribution in [3.05, 3.63) is 42.5 Å². The lowest BCUT2D eigenvalue weighted by Gasteiger charge is -2.22. The van der Waals surface area contributed by atoms with Gasteiger partial charge in [-0.25, -0.2) is 8.42 Å². The molecule has 6 nitrogen and oxygen atoms in total. The van der Waals surface area contributed by atoms with Crippen LogP contribution < -0.4 is 4.74 Å². The van der Waals surface area contributed by atoms with Gasteiger partial charge in [-0.15, -0.1) is 6.58 Å². The van der Waals surface area contributed by atoms with Crippen molar-refractivity contribution in [2.75, 3.05) is 25.2 Å². The number of carbonyl (C=O) groups excluding carboxylic acids is 1. The lowest BCUT2D eigenvalue weighted by atomic mass is 10.1. The largest absolute Gasteiger partial charge is 0.496 e. The molecule has 0 bridgehead atoms. The summed E-state index contributed by atoms with van der Waals surface area (Å²) in [5, 5.41) is 0.521. The molecule has 2 unspecified atom stereocenters. The Morgan fingerprint density at radius 2 is 2.20 bits per heavy atom. The van der Waals surface area contributed by atoms with E-state index in [9.17, 15) is 13.2 Å². The van der Waals surface area contributed by atoms with Gasteiger partial charge in [-0.05, 0) is 6.07 Å². The molecule has 1 aromatic carbocycles. The number of aliphatic imine (C=N–C) groups is 1. The van der Waals surface area contributed by atoms with Gasteiger partial charge in [-0.2, -0.15) is 4.99 Å². The predicted octanol–water partition coefficient (Wildman–Crippen LogP) is 1.52. The molecule has 2 atom stereocenters. The minimum atomic E-state index is -3.02. The minimum absolute atomic E-state index is 0.0669. The van der Waals surface area contributed by atoms with Crippen molar-refractivity contribution >= 4 is 32.7 Å². The van der Waals surface area contributed by atoms with E-state index < -0.39 is 9.84 Å². The zero-order valence-corrected chi connectivity index (χ0v) is 15.6. The summed E-state index contributed by atoms with van der Waals surface area (Å²) < 4.78 is 29.0. The minimum Gasteiger partial charge on any atom is -0.496 e. The van der Waals surface area contributed by atoms with E-state index in [0.29, 0.717) is 17.5 Å². The number of para-hydroxylation sites is 1. The number of carbonyl (C=O) groups is 1. The molecule has 0 spiro atoms. The van der Waals surface area contributed by atoms with Crippen molar-refractivity contribution in [1.29, 1.82) is 0 Å². The number of methoxy groups -OCH3 is 1. The Morgan fingerprint density at radius 1 is 1.44 bits per heavy atom. The number of amides is 1. The van der Waals surface area contributed by atoms with Gasteiger partial charge in [0, 0.05) is 17.4 Å². The number of hydrogen-bond acceptors (Lipinski definition) is 5. The molecule has 1 aromatic rings. The molecule has 2 aliphatic heterocycles. The highest BCUT2D eigenvalue weighted by Gasteiger charge is 2.48. The molecule has 1 amide bonds. The summed E-state index contributed by atoms with van der Waals surface area (Å²) in [4.78, 5) is 18.5. The summed E-state index contributed by atoms with van der Waals surface area (Å²) >= 11 is 1.38. The summed E-state index contributed by atoms with van der Waals surface area (Å²) in [7, 11) is -1.45. The summed E-state index contributed by atoms with van der Waals surface area (Å²) in [6, 6.07) is 7.20. The second kappa shape index (κ2) is 7.21. The average molecular weight is 380 g/mol. The van der Waals surface area contributed by atoms with Gasteiger partial charge in [0.1, 0.15) is 5.75 Å². The van der Waals surface area contributed by atoms with Crippen LogP contribution in [0.1, 0.15) is 5.56 Å². The predicted molar refractivity (Wildman–Crippen MR) is 99.9 cm³/mol. The second-order valence-corrected chi connectivity index (χ2v) is 9.38. The molecule has 0 aromatic heterocycles. The number of sulfone groups is 1. The van der Waals surface area contributed by atoms with Crippen LogP contribution in [0.2, 0.25) is 0 Å². The quantitative estimate of drug-likeness (QED) is 0.721. The second-order valence-electron chi connectivity index (χ2n) is 6.02. The number of thioether (sulfide) groups is 1. The van der Waals surface area contributed by atoms with Crippen molar-refractivity contribution in [2.45, 2.75) is 17.7 Å². The van der Waals surface area contributed by atoms with Crippen molar-refractivity contribution in [3.8, 4) is 5.75 Å². The Labute approximate surface area is 151 Å². The van der Waals surface area contributed by atoms with Crippen molar-refractivity contribution in [3.63, 3.8) is 0 Å². The van der Waals surface area contributed by atoms with Crippen LogP contribution in [0.4, 0.5) is 0 Å². The molecule has 8 heteroatoms. The van der Waals surface area contributed by atoms with E-state index in [1.807, 2.05) is 23.1 Å². The van der Waals surface area contributed by atoms with Crippen LogP contribution in [0, 0.1) is 0 Å². The lowest BCUT2D eigenvalue weighted by molar-refractivity contribution is -0.117. The molecule has 2 fully saturated rings. The van der Waals surface area contributed by atoms with Gasteiger partial charge in [-0.1, -0.05) is 36.0 Å². The zero-order valence-electron chi connectivity index (χ0n) is 13.9. The van der Waals surface area contributed by atoms with E-state index in [0.717, 1.165) is 5.56 Å². The third-order valence-electron chi connectivity index (χ3n) is 4.26. The third-order valence-corrected chi connectivity index (χ3v) is 7.50. The zero-order chi connectivity index (χ0) is 18.0. The fourth-order valence-electron chi connectivity index (χ4n) is 3.15. The lowest BCUT2D eigenvalue weighted by Crippen LogP contribution is -2.37. The third kappa shape index (κ3) is 3.90. The van der Waals surface area contributed by atoms with Crippen LogP contribution in [0.5, 0.6) is 5.75 Å². The Hall–Kier alpha value is -1.80. The fraction of sp³-hybridized carbons (Fsp3) is 0.412. The van der Waals surface area contributed by atoms with Gasteiger partial charge in [0.15, 0.2) is 15.0 Å². The topological polar surface area (TPSA) is 76.0 Å². The molecular weight excluding hydrogens is 360 g/mol. The maximum absolute atomic E-state index is 12.4. The van der Waals surface area contributed by atoms with Gasteiger partial charge >= 0.3 is 0 Å². The average Bonchev–Trinajstić information content (AvgIpc) is 3.01. The van der Waals surface area contributed by atoms with E-state index in [2.05, 4.69) is 11.6 Å². The Bertz CT molecular complexity index is 820. The van der Waals surface area contributed by atoms with Crippen LogP contribution in [0.15, 0.2) is 41.9 Å². The highest BCUT2D eigenvalue weighted by Crippen LogP contribution is 2.38. The monoisotopic (exact) mass is 380 g/mol. The number of hydrogen-bond donors (Lipinski definition) is 0. The molecule has 25 heavy (non-hydrogen) atoms. The maximum atomic E-state index is 12.4. The van der Waals surface area contributed by atoms with Gasteiger partial charge in [0.05, 0.1) is 31.1 Å². The number of fused-ring (bicyclic) bond motifs is 1.